The van der Waals surface area contributed by atoms with E-state index in [0.29, 0.717) is 17.7 Å². The van der Waals surface area contributed by atoms with Crippen LogP contribution in [0.1, 0.15) is 28.9 Å². The molecule has 0 bridgehead atoms. The van der Waals surface area contributed by atoms with Gasteiger partial charge in [-0.3, -0.25) is 9.78 Å². The molecule has 3 aromatic rings. The molecule has 34 heavy (non-hydrogen) atoms. The molecular formula is C24H25F3N4O3. The topological polar surface area (TPSA) is 69.5 Å². The van der Waals surface area contributed by atoms with Crippen molar-refractivity contribution < 1.29 is 27.4 Å². The van der Waals surface area contributed by atoms with E-state index >= 15 is 0 Å². The van der Waals surface area contributed by atoms with Crippen LogP contribution in [0, 0.1) is 0 Å². The Morgan fingerprint density at radius 3 is 2.18 bits per heavy atom. The molecule has 0 radical (unpaired) electrons. The number of halogens is 3. The molecule has 0 atom stereocenters. The average molecular weight is 474 g/mol. The van der Waals surface area contributed by atoms with E-state index in [1.54, 1.807) is 30.6 Å². The number of benzene rings is 1. The Kier molecular flexibility index (Phi) is 7.11. The molecule has 2 aliphatic heterocycles. The molecule has 2 saturated heterocycles. The van der Waals surface area contributed by atoms with Crippen LogP contribution in [0.4, 0.5) is 13.2 Å². The van der Waals surface area contributed by atoms with Gasteiger partial charge in [-0.15, -0.1) is 0 Å². The van der Waals surface area contributed by atoms with Crippen molar-refractivity contribution >= 4 is 6.29 Å². The second-order valence-corrected chi connectivity index (χ2v) is 8.18. The van der Waals surface area contributed by atoms with Gasteiger partial charge in [-0.05, 0) is 49.5 Å². The predicted octanol–water partition coefficient (Wildman–Crippen LogP) is 4.22. The minimum Gasteiger partial charge on any atom is -0.347 e. The Hall–Kier alpha value is -3.08. The number of alkyl halides is 3. The summed E-state index contributed by atoms with van der Waals surface area (Å²) in [6, 6.07) is 9.62. The van der Waals surface area contributed by atoms with E-state index in [0.717, 1.165) is 56.8 Å². The Labute approximate surface area is 195 Å². The lowest BCUT2D eigenvalue weighted by molar-refractivity contribution is -0.183. The fraction of sp³-hybridized carbons (Fsp3) is 0.375. The van der Waals surface area contributed by atoms with Crippen LogP contribution in [0.5, 0.6) is 0 Å². The molecule has 180 valence electrons. The quantitative estimate of drug-likeness (QED) is 0.530. The minimum absolute atomic E-state index is 0.188. The van der Waals surface area contributed by atoms with E-state index in [-0.39, 0.29) is 11.5 Å². The molecule has 4 heterocycles. The first-order valence-electron chi connectivity index (χ1n) is 10.9. The van der Waals surface area contributed by atoms with Crippen molar-refractivity contribution in [2.75, 3.05) is 33.4 Å². The van der Waals surface area contributed by atoms with Crippen molar-refractivity contribution in [3.05, 3.63) is 66.1 Å². The number of aldehydes is 1. The minimum atomic E-state index is -4.40. The maximum Gasteiger partial charge on any atom is 0.416 e. The van der Waals surface area contributed by atoms with Crippen molar-refractivity contribution in [2.45, 2.75) is 24.8 Å². The standard InChI is InChI=1S/C16H10F3N3O.C8H15NO2/c17-16(18,19)12-1-3-14(4-2-12)22-15(9-13(10-23)21-22)11-5-7-20-8-6-11;1-9-4-2-8(3-5-9)10-6-7-11-8/h1-10H;2-7H2,1H3. The van der Waals surface area contributed by atoms with E-state index in [9.17, 15) is 18.0 Å². The van der Waals surface area contributed by atoms with Crippen LogP contribution in [-0.2, 0) is 15.7 Å². The highest BCUT2D eigenvalue weighted by Gasteiger charge is 2.38. The molecule has 10 heteroatoms. The first kappa shape index (κ1) is 24.1. The highest BCUT2D eigenvalue weighted by Crippen LogP contribution is 2.31. The van der Waals surface area contributed by atoms with Gasteiger partial charge in [-0.25, -0.2) is 4.68 Å². The molecule has 0 saturated carbocycles. The highest BCUT2D eigenvalue weighted by molar-refractivity contribution is 5.76. The zero-order valence-corrected chi connectivity index (χ0v) is 18.7. The average Bonchev–Trinajstić information content (AvgIpc) is 3.49. The summed E-state index contributed by atoms with van der Waals surface area (Å²) in [4.78, 5) is 17.2. The summed E-state index contributed by atoms with van der Waals surface area (Å²) in [5, 5.41) is 4.11. The number of aromatic nitrogens is 3. The molecule has 7 nitrogen and oxygen atoms in total. The number of rotatable bonds is 3. The lowest BCUT2D eigenvalue weighted by atomic mass is 10.0. The van der Waals surface area contributed by atoms with Gasteiger partial charge < -0.3 is 14.4 Å². The molecule has 0 aliphatic carbocycles. The fourth-order valence-corrected chi connectivity index (χ4v) is 3.92. The number of hydrogen-bond donors (Lipinski definition) is 0. The number of pyridine rings is 1. The summed E-state index contributed by atoms with van der Waals surface area (Å²) in [5.74, 6) is -0.188. The fourth-order valence-electron chi connectivity index (χ4n) is 3.92. The maximum atomic E-state index is 12.6. The zero-order chi connectivity index (χ0) is 24.2. The van der Waals surface area contributed by atoms with Gasteiger partial charge in [0.05, 0.1) is 30.2 Å². The first-order chi connectivity index (χ1) is 16.3. The van der Waals surface area contributed by atoms with Gasteiger partial charge in [0.25, 0.3) is 0 Å². The van der Waals surface area contributed by atoms with Crippen molar-refractivity contribution in [2.24, 2.45) is 0 Å². The van der Waals surface area contributed by atoms with Crippen LogP contribution in [0.25, 0.3) is 16.9 Å². The molecule has 0 amide bonds. The summed E-state index contributed by atoms with van der Waals surface area (Å²) >= 11 is 0. The van der Waals surface area contributed by atoms with Crippen molar-refractivity contribution in [1.29, 1.82) is 0 Å². The van der Waals surface area contributed by atoms with Crippen LogP contribution in [0.3, 0.4) is 0 Å². The molecule has 0 unspecified atom stereocenters. The summed E-state index contributed by atoms with van der Waals surface area (Å²) in [7, 11) is 2.14. The van der Waals surface area contributed by atoms with Crippen LogP contribution in [0.15, 0.2) is 54.9 Å². The van der Waals surface area contributed by atoms with Crippen LogP contribution in [0.2, 0.25) is 0 Å². The molecule has 2 fully saturated rings. The summed E-state index contributed by atoms with van der Waals surface area (Å²) in [6.45, 7) is 3.76. The lowest BCUT2D eigenvalue weighted by Crippen LogP contribution is -2.43. The number of ether oxygens (including phenoxy) is 2. The monoisotopic (exact) mass is 474 g/mol. The molecule has 0 N–H and O–H groups in total. The third-order valence-corrected chi connectivity index (χ3v) is 5.83. The number of carbonyl (C=O) groups excluding carboxylic acids is 1. The molecule has 1 spiro atoms. The molecule has 2 aliphatic rings. The van der Waals surface area contributed by atoms with Gasteiger partial charge in [-0.1, -0.05) is 0 Å². The van der Waals surface area contributed by atoms with Gasteiger partial charge in [0, 0.05) is 43.9 Å². The molecule has 1 aromatic carbocycles. The van der Waals surface area contributed by atoms with E-state index in [1.807, 2.05) is 0 Å². The van der Waals surface area contributed by atoms with Gasteiger partial charge in [0.1, 0.15) is 5.69 Å². The van der Waals surface area contributed by atoms with Gasteiger partial charge in [0.15, 0.2) is 12.1 Å². The maximum absolute atomic E-state index is 12.6. The number of likely N-dealkylation sites (tertiary alicyclic amines) is 1. The Balaban J connectivity index is 0.000000207. The second-order valence-electron chi connectivity index (χ2n) is 8.18. The van der Waals surface area contributed by atoms with Gasteiger partial charge in [-0.2, -0.15) is 18.3 Å². The number of carbonyl (C=O) groups is 1. The zero-order valence-electron chi connectivity index (χ0n) is 18.7. The lowest BCUT2D eigenvalue weighted by Gasteiger charge is -2.35. The third kappa shape index (κ3) is 5.52. The van der Waals surface area contributed by atoms with Gasteiger partial charge in [0.2, 0.25) is 0 Å². The van der Waals surface area contributed by atoms with E-state index in [4.69, 9.17) is 9.47 Å². The van der Waals surface area contributed by atoms with Gasteiger partial charge >= 0.3 is 6.18 Å². The van der Waals surface area contributed by atoms with Crippen molar-refractivity contribution in [3.63, 3.8) is 0 Å². The van der Waals surface area contributed by atoms with Crippen molar-refractivity contribution in [1.82, 2.24) is 19.7 Å². The molecule has 5 rings (SSSR count). The predicted molar refractivity (Wildman–Crippen MR) is 119 cm³/mol. The third-order valence-electron chi connectivity index (χ3n) is 5.83. The van der Waals surface area contributed by atoms with Crippen molar-refractivity contribution in [3.8, 4) is 16.9 Å². The van der Waals surface area contributed by atoms with E-state index < -0.39 is 11.7 Å². The molecule has 2 aromatic heterocycles. The largest absolute Gasteiger partial charge is 0.416 e. The normalized spacial score (nSPS) is 17.9. The number of piperidine rings is 1. The second kappa shape index (κ2) is 10.0. The smallest absolute Gasteiger partial charge is 0.347 e. The van der Waals surface area contributed by atoms with E-state index in [1.165, 1.54) is 16.8 Å². The summed E-state index contributed by atoms with van der Waals surface area (Å²) < 4.78 is 50.5. The SMILES string of the molecule is CN1CCC2(CC1)OCCO2.O=Cc1cc(-c2ccncc2)n(-c2ccc(C(F)(F)F)cc2)n1. The molecular weight excluding hydrogens is 449 g/mol. The summed E-state index contributed by atoms with van der Waals surface area (Å²) in [5.41, 5.74) is 1.22. The Bertz CT molecular complexity index is 1080. The van der Waals surface area contributed by atoms with Crippen LogP contribution >= 0.6 is 0 Å². The number of nitrogens with zero attached hydrogens (tertiary/aromatic N) is 4. The highest BCUT2D eigenvalue weighted by atomic mass is 19.4. The Morgan fingerprint density at radius 2 is 1.62 bits per heavy atom. The first-order valence-corrected chi connectivity index (χ1v) is 10.9. The summed E-state index contributed by atoms with van der Waals surface area (Å²) in [6.07, 6.45) is 1.42. The van der Waals surface area contributed by atoms with Crippen LogP contribution < -0.4 is 0 Å². The van der Waals surface area contributed by atoms with Crippen LogP contribution in [-0.4, -0.2) is 65.1 Å². The van der Waals surface area contributed by atoms with E-state index in [2.05, 4.69) is 22.0 Å². The number of hydrogen-bond acceptors (Lipinski definition) is 6. The Morgan fingerprint density at radius 1 is 1.00 bits per heavy atom.